The predicted octanol–water partition coefficient (Wildman–Crippen LogP) is 3.98. The number of hydrogen-bond donors (Lipinski definition) is 4. The van der Waals surface area contributed by atoms with Gasteiger partial charge in [-0.25, -0.2) is 9.78 Å². The molecule has 8 nitrogen and oxygen atoms in total. The number of carboxylic acid groups (broad SMARTS) is 1. The molecule has 0 radical (unpaired) electrons. The van der Waals surface area contributed by atoms with Gasteiger partial charge in [-0.1, -0.05) is 11.6 Å². The normalized spacial score (nSPS) is 36.6. The molecule has 7 atom stereocenters. The van der Waals surface area contributed by atoms with Crippen LogP contribution in [0.3, 0.4) is 0 Å². The summed E-state index contributed by atoms with van der Waals surface area (Å²) in [7, 11) is 0. The molecule has 4 unspecified atom stereocenters. The zero-order chi connectivity index (χ0) is 24.4. The Balaban J connectivity index is 1.44. The van der Waals surface area contributed by atoms with Gasteiger partial charge in [0.25, 0.3) is 5.91 Å². The van der Waals surface area contributed by atoms with Gasteiger partial charge in [-0.15, -0.1) is 0 Å². The molecular formula is C25H35ClN4O4. The van der Waals surface area contributed by atoms with Gasteiger partial charge in [-0.05, 0) is 89.0 Å². The van der Waals surface area contributed by atoms with Gasteiger partial charge in [0.1, 0.15) is 5.82 Å². The lowest BCUT2D eigenvalue weighted by Gasteiger charge is -2.60. The van der Waals surface area contributed by atoms with Crippen molar-refractivity contribution in [3.05, 3.63) is 22.8 Å². The van der Waals surface area contributed by atoms with Crippen LogP contribution in [-0.4, -0.2) is 61.9 Å². The van der Waals surface area contributed by atoms with Crippen molar-refractivity contribution in [3.63, 3.8) is 0 Å². The van der Waals surface area contributed by atoms with Gasteiger partial charge in [-0.3, -0.25) is 4.79 Å². The summed E-state index contributed by atoms with van der Waals surface area (Å²) in [5.74, 6) is 1.56. The molecular weight excluding hydrogens is 456 g/mol. The van der Waals surface area contributed by atoms with Crippen LogP contribution in [0.25, 0.3) is 0 Å². The summed E-state index contributed by atoms with van der Waals surface area (Å²) in [5.41, 5.74) is -0.638. The van der Waals surface area contributed by atoms with Gasteiger partial charge in [0, 0.05) is 18.3 Å². The molecule has 1 saturated heterocycles. The highest BCUT2D eigenvalue weighted by molar-refractivity contribution is 6.31. The molecule has 1 aliphatic heterocycles. The van der Waals surface area contributed by atoms with E-state index in [1.54, 1.807) is 11.0 Å². The predicted molar refractivity (Wildman–Crippen MR) is 129 cm³/mol. The fraction of sp³-hybridized carbons (Fsp3) is 0.720. The highest BCUT2D eigenvalue weighted by atomic mass is 35.5. The Morgan fingerprint density at radius 1 is 1.21 bits per heavy atom. The molecule has 9 heteroatoms. The van der Waals surface area contributed by atoms with E-state index in [-0.39, 0.29) is 23.9 Å². The number of rotatable bonds is 4. The summed E-state index contributed by atoms with van der Waals surface area (Å²) < 4.78 is 0. The van der Waals surface area contributed by atoms with Crippen molar-refractivity contribution >= 4 is 29.4 Å². The van der Waals surface area contributed by atoms with E-state index in [1.165, 1.54) is 6.20 Å². The molecule has 5 fully saturated rings. The first-order valence-electron chi connectivity index (χ1n) is 12.4. The minimum absolute atomic E-state index is 0.164. The van der Waals surface area contributed by atoms with Crippen molar-refractivity contribution in [3.8, 4) is 0 Å². The van der Waals surface area contributed by atoms with Crippen LogP contribution >= 0.6 is 11.6 Å². The van der Waals surface area contributed by atoms with Crippen LogP contribution in [0.5, 0.6) is 0 Å². The minimum atomic E-state index is -0.906. The topological polar surface area (TPSA) is 115 Å². The zero-order valence-corrected chi connectivity index (χ0v) is 20.8. The number of nitrogens with zero attached hydrogens (tertiary/aromatic N) is 2. The third kappa shape index (κ3) is 4.35. The first-order chi connectivity index (χ1) is 15.9. The number of anilines is 1. The largest absolute Gasteiger partial charge is 0.465 e. The Kier molecular flexibility index (Phi) is 5.75. The lowest BCUT2D eigenvalue weighted by atomic mass is 9.48. The van der Waals surface area contributed by atoms with Gasteiger partial charge in [0.2, 0.25) is 0 Å². The van der Waals surface area contributed by atoms with E-state index in [9.17, 15) is 19.8 Å². The third-order valence-corrected chi connectivity index (χ3v) is 8.52. The van der Waals surface area contributed by atoms with E-state index in [4.69, 9.17) is 11.6 Å². The first-order valence-corrected chi connectivity index (χ1v) is 12.8. The van der Waals surface area contributed by atoms with Crippen molar-refractivity contribution in [2.75, 3.05) is 11.9 Å². The molecule has 1 aromatic heterocycles. The van der Waals surface area contributed by atoms with Crippen LogP contribution in [0.15, 0.2) is 12.3 Å². The second kappa shape index (κ2) is 8.26. The molecule has 186 valence electrons. The number of pyridine rings is 1. The van der Waals surface area contributed by atoms with Gasteiger partial charge in [0.15, 0.2) is 0 Å². The summed E-state index contributed by atoms with van der Waals surface area (Å²) >= 11 is 6.18. The number of aliphatic hydroxyl groups is 1. The maximum absolute atomic E-state index is 13.0. The molecule has 6 rings (SSSR count). The third-order valence-electron chi connectivity index (χ3n) is 8.32. The summed E-state index contributed by atoms with van der Waals surface area (Å²) in [6.45, 7) is 6.18. The van der Waals surface area contributed by atoms with E-state index in [0.29, 0.717) is 47.1 Å². The highest BCUT2D eigenvalue weighted by Gasteiger charge is 2.59. The standard InChI is InChI=1S/C25H35ClN4O4/c1-24(2,3)29-22(31)17-8-16(26)12-27-21(17)28-18-4-5-30(23(32)33)20(18)19-14-6-13-7-15(19)11-25(34,9-13)10-14/h8,12-15,18-20,34H,4-7,9-11H2,1-3H3,(H,27,28)(H,29,31)(H,32,33)/t13?,14-,15?,18?,19?,20-,25-/m0/s1. The van der Waals surface area contributed by atoms with E-state index in [2.05, 4.69) is 15.6 Å². The van der Waals surface area contributed by atoms with Crippen LogP contribution < -0.4 is 10.6 Å². The Bertz CT molecular complexity index is 980. The number of amides is 2. The highest BCUT2D eigenvalue weighted by Crippen LogP contribution is 2.60. The number of carbonyl (C=O) groups is 2. The summed E-state index contributed by atoms with van der Waals surface area (Å²) in [6, 6.07) is 1.23. The number of hydrogen-bond acceptors (Lipinski definition) is 5. The van der Waals surface area contributed by atoms with Gasteiger partial charge in [-0.2, -0.15) is 0 Å². The number of halogens is 1. The molecule has 4 bridgehead atoms. The molecule has 2 heterocycles. The van der Waals surface area contributed by atoms with Gasteiger partial charge < -0.3 is 25.7 Å². The summed E-state index contributed by atoms with van der Waals surface area (Å²) in [5, 5.41) is 27.9. The van der Waals surface area contributed by atoms with Crippen LogP contribution in [0.1, 0.15) is 69.7 Å². The Labute approximate surface area is 205 Å². The monoisotopic (exact) mass is 490 g/mol. The number of likely N-dealkylation sites (tertiary alicyclic amines) is 1. The molecule has 5 aliphatic rings. The molecule has 4 aliphatic carbocycles. The maximum Gasteiger partial charge on any atom is 0.407 e. The molecule has 0 aromatic carbocycles. The molecule has 4 N–H and O–H groups in total. The second-order valence-electron chi connectivity index (χ2n) is 12.0. The van der Waals surface area contributed by atoms with Crippen LogP contribution in [0.2, 0.25) is 5.02 Å². The second-order valence-corrected chi connectivity index (χ2v) is 12.5. The van der Waals surface area contributed by atoms with Gasteiger partial charge >= 0.3 is 6.09 Å². The van der Waals surface area contributed by atoms with Crippen molar-refractivity contribution in [1.29, 1.82) is 0 Å². The molecule has 4 saturated carbocycles. The molecule has 1 aromatic rings. The molecule has 2 amide bonds. The SMILES string of the molecule is CC(C)(C)NC(=O)c1cc(Cl)cnc1NC1CCN(C(=O)O)[C@@H]1C1C2CC3C[C@H]1C[C@@](O)(C3)C2. The van der Waals surface area contributed by atoms with E-state index >= 15 is 0 Å². The average molecular weight is 491 g/mol. The first kappa shape index (κ1) is 23.7. The van der Waals surface area contributed by atoms with Crippen molar-refractivity contribution in [2.24, 2.45) is 23.7 Å². The van der Waals surface area contributed by atoms with Crippen molar-refractivity contribution in [1.82, 2.24) is 15.2 Å². The average Bonchev–Trinajstić information content (AvgIpc) is 3.10. The smallest absolute Gasteiger partial charge is 0.407 e. The van der Waals surface area contributed by atoms with E-state index < -0.39 is 17.2 Å². The Morgan fingerprint density at radius 3 is 2.47 bits per heavy atom. The zero-order valence-electron chi connectivity index (χ0n) is 20.1. The van der Waals surface area contributed by atoms with Crippen molar-refractivity contribution in [2.45, 2.75) is 82.5 Å². The van der Waals surface area contributed by atoms with E-state index in [1.807, 2.05) is 20.8 Å². The number of aromatic nitrogens is 1. The lowest BCUT2D eigenvalue weighted by Crippen LogP contribution is -2.61. The van der Waals surface area contributed by atoms with Crippen LogP contribution in [-0.2, 0) is 0 Å². The van der Waals surface area contributed by atoms with Crippen LogP contribution in [0, 0.1) is 23.7 Å². The lowest BCUT2D eigenvalue weighted by molar-refractivity contribution is -0.162. The number of nitrogens with one attached hydrogen (secondary N) is 2. The van der Waals surface area contributed by atoms with Crippen molar-refractivity contribution < 1.29 is 19.8 Å². The Hall–Kier alpha value is -2.06. The minimum Gasteiger partial charge on any atom is -0.465 e. The summed E-state index contributed by atoms with van der Waals surface area (Å²) in [4.78, 5) is 31.3. The maximum atomic E-state index is 13.0. The molecule has 0 spiro atoms. The van der Waals surface area contributed by atoms with Crippen LogP contribution in [0.4, 0.5) is 10.6 Å². The Morgan fingerprint density at radius 2 is 1.88 bits per heavy atom. The fourth-order valence-electron chi connectivity index (χ4n) is 7.56. The van der Waals surface area contributed by atoms with Gasteiger partial charge in [0.05, 0.1) is 28.3 Å². The fourth-order valence-corrected chi connectivity index (χ4v) is 7.72. The van der Waals surface area contributed by atoms with E-state index in [0.717, 1.165) is 32.1 Å². The summed E-state index contributed by atoms with van der Waals surface area (Å²) in [6.07, 6.45) is 5.80. The molecule has 34 heavy (non-hydrogen) atoms. The quantitative estimate of drug-likeness (QED) is 0.507. The number of carbonyl (C=O) groups excluding carboxylic acids is 1.